The molecule has 1 aromatic carbocycles. The van der Waals surface area contributed by atoms with Crippen molar-refractivity contribution >= 4 is 11.6 Å². The molecule has 0 heterocycles. The SMILES string of the molecule is CNC1CCc2cc(OC/C=C/Cl)ccc21. The average molecular weight is 238 g/mol. The molecule has 86 valence electrons. The van der Waals surface area contributed by atoms with Crippen molar-refractivity contribution in [3.05, 3.63) is 40.9 Å². The molecule has 0 fully saturated rings. The molecule has 0 saturated heterocycles. The van der Waals surface area contributed by atoms with Crippen molar-refractivity contribution in [3.8, 4) is 5.75 Å². The molecule has 16 heavy (non-hydrogen) atoms. The van der Waals surface area contributed by atoms with Crippen LogP contribution in [0.15, 0.2) is 29.8 Å². The number of fused-ring (bicyclic) bond motifs is 1. The minimum Gasteiger partial charge on any atom is -0.489 e. The minimum atomic E-state index is 0.506. The van der Waals surface area contributed by atoms with E-state index in [1.165, 1.54) is 23.1 Å². The second-order valence-corrected chi connectivity index (χ2v) is 4.17. The van der Waals surface area contributed by atoms with Gasteiger partial charge in [-0.05, 0) is 49.2 Å². The Kier molecular flexibility index (Phi) is 3.86. The quantitative estimate of drug-likeness (QED) is 0.869. The van der Waals surface area contributed by atoms with Crippen LogP contribution >= 0.6 is 11.6 Å². The smallest absolute Gasteiger partial charge is 0.120 e. The third-order valence-electron chi connectivity index (χ3n) is 2.98. The van der Waals surface area contributed by atoms with Gasteiger partial charge in [0.25, 0.3) is 0 Å². The molecule has 0 amide bonds. The maximum atomic E-state index is 5.55. The molecule has 0 radical (unpaired) electrons. The van der Waals surface area contributed by atoms with Crippen LogP contribution in [-0.4, -0.2) is 13.7 Å². The molecule has 0 spiro atoms. The average Bonchev–Trinajstić information content (AvgIpc) is 2.71. The van der Waals surface area contributed by atoms with Crippen LogP contribution in [0.5, 0.6) is 5.75 Å². The fourth-order valence-electron chi connectivity index (χ4n) is 2.16. The Bertz CT molecular complexity index is 390. The van der Waals surface area contributed by atoms with Crippen LogP contribution in [0.3, 0.4) is 0 Å². The fraction of sp³-hybridized carbons (Fsp3) is 0.385. The molecule has 0 aromatic heterocycles. The Balaban J connectivity index is 2.09. The molecule has 1 aliphatic carbocycles. The van der Waals surface area contributed by atoms with Crippen molar-refractivity contribution in [2.75, 3.05) is 13.7 Å². The molecule has 0 aliphatic heterocycles. The second-order valence-electron chi connectivity index (χ2n) is 3.91. The third-order valence-corrected chi connectivity index (χ3v) is 3.15. The third kappa shape index (κ3) is 2.39. The summed E-state index contributed by atoms with van der Waals surface area (Å²) in [6.07, 6.45) is 4.09. The number of ether oxygens (including phenoxy) is 1. The van der Waals surface area contributed by atoms with E-state index in [-0.39, 0.29) is 0 Å². The number of benzene rings is 1. The van der Waals surface area contributed by atoms with Crippen LogP contribution in [0, 0.1) is 0 Å². The van der Waals surface area contributed by atoms with Crippen LogP contribution in [0.1, 0.15) is 23.6 Å². The number of nitrogens with one attached hydrogen (secondary N) is 1. The second kappa shape index (κ2) is 5.37. The van der Waals surface area contributed by atoms with E-state index in [0.717, 1.165) is 12.2 Å². The van der Waals surface area contributed by atoms with Gasteiger partial charge in [0.05, 0.1) is 0 Å². The minimum absolute atomic E-state index is 0.506. The highest BCUT2D eigenvalue weighted by molar-refractivity contribution is 6.25. The summed E-state index contributed by atoms with van der Waals surface area (Å²) in [5, 5.41) is 3.32. The van der Waals surface area contributed by atoms with E-state index < -0.39 is 0 Å². The Morgan fingerprint density at radius 1 is 1.56 bits per heavy atom. The zero-order valence-corrected chi connectivity index (χ0v) is 10.1. The van der Waals surface area contributed by atoms with Gasteiger partial charge in [0, 0.05) is 11.6 Å². The van der Waals surface area contributed by atoms with Gasteiger partial charge >= 0.3 is 0 Å². The predicted molar refractivity (Wildman–Crippen MR) is 67.1 cm³/mol. The monoisotopic (exact) mass is 237 g/mol. The van der Waals surface area contributed by atoms with Gasteiger partial charge in [-0.15, -0.1) is 0 Å². The van der Waals surface area contributed by atoms with E-state index in [4.69, 9.17) is 16.3 Å². The first-order valence-corrected chi connectivity index (χ1v) is 5.97. The Labute approximate surface area is 101 Å². The van der Waals surface area contributed by atoms with Crippen molar-refractivity contribution < 1.29 is 4.74 Å². The lowest BCUT2D eigenvalue weighted by Crippen LogP contribution is -2.12. The van der Waals surface area contributed by atoms with Crippen molar-refractivity contribution in [1.82, 2.24) is 5.32 Å². The first kappa shape index (κ1) is 11.5. The van der Waals surface area contributed by atoms with Gasteiger partial charge in [0.1, 0.15) is 12.4 Å². The van der Waals surface area contributed by atoms with Crippen molar-refractivity contribution in [2.24, 2.45) is 0 Å². The predicted octanol–water partition coefficient (Wildman–Crippen LogP) is 3.02. The standard InChI is InChI=1S/C13H16ClNO/c1-15-13-6-3-10-9-11(4-5-12(10)13)16-8-2-7-14/h2,4-5,7,9,13,15H,3,6,8H2,1H3/b7-2+. The first-order chi connectivity index (χ1) is 7.85. The largest absolute Gasteiger partial charge is 0.489 e. The van der Waals surface area contributed by atoms with Gasteiger partial charge in [-0.1, -0.05) is 17.7 Å². The van der Waals surface area contributed by atoms with E-state index in [2.05, 4.69) is 17.4 Å². The molecule has 0 saturated carbocycles. The molecule has 0 bridgehead atoms. The van der Waals surface area contributed by atoms with Gasteiger partial charge in [0.15, 0.2) is 0 Å². The summed E-state index contributed by atoms with van der Waals surface area (Å²) >= 11 is 5.43. The lowest BCUT2D eigenvalue weighted by atomic mass is 10.1. The molecule has 3 heteroatoms. The Hall–Kier alpha value is -0.990. The summed E-state index contributed by atoms with van der Waals surface area (Å²) in [5.41, 5.74) is 4.28. The van der Waals surface area contributed by atoms with E-state index in [0.29, 0.717) is 12.6 Å². The summed E-state index contributed by atoms with van der Waals surface area (Å²) in [6, 6.07) is 6.82. The number of halogens is 1. The van der Waals surface area contributed by atoms with Gasteiger partial charge in [-0.2, -0.15) is 0 Å². The van der Waals surface area contributed by atoms with Gasteiger partial charge in [-0.3, -0.25) is 0 Å². The normalized spacial score (nSPS) is 19.0. The zero-order chi connectivity index (χ0) is 11.4. The highest BCUT2D eigenvalue weighted by Gasteiger charge is 2.20. The van der Waals surface area contributed by atoms with E-state index >= 15 is 0 Å². The first-order valence-electron chi connectivity index (χ1n) is 5.53. The van der Waals surface area contributed by atoms with Crippen molar-refractivity contribution in [3.63, 3.8) is 0 Å². The Morgan fingerprint density at radius 3 is 3.19 bits per heavy atom. The summed E-state index contributed by atoms with van der Waals surface area (Å²) in [5.74, 6) is 0.922. The molecular formula is C13H16ClNO. The van der Waals surface area contributed by atoms with Crippen LogP contribution in [0.4, 0.5) is 0 Å². The van der Waals surface area contributed by atoms with Crippen molar-refractivity contribution in [2.45, 2.75) is 18.9 Å². The number of rotatable bonds is 4. The molecule has 1 aromatic rings. The molecule has 1 N–H and O–H groups in total. The van der Waals surface area contributed by atoms with Gasteiger partial charge in [0.2, 0.25) is 0 Å². The molecule has 1 atom stereocenters. The molecule has 1 aliphatic rings. The van der Waals surface area contributed by atoms with E-state index in [1.54, 1.807) is 6.08 Å². The van der Waals surface area contributed by atoms with Crippen LogP contribution in [0.25, 0.3) is 0 Å². The van der Waals surface area contributed by atoms with E-state index in [9.17, 15) is 0 Å². The van der Waals surface area contributed by atoms with E-state index in [1.807, 2.05) is 13.1 Å². The van der Waals surface area contributed by atoms with Crippen LogP contribution in [0.2, 0.25) is 0 Å². The summed E-state index contributed by atoms with van der Waals surface area (Å²) in [6.45, 7) is 0.526. The molecule has 1 unspecified atom stereocenters. The summed E-state index contributed by atoms with van der Waals surface area (Å²) in [7, 11) is 2.01. The van der Waals surface area contributed by atoms with Crippen LogP contribution in [-0.2, 0) is 6.42 Å². The maximum Gasteiger partial charge on any atom is 0.120 e. The van der Waals surface area contributed by atoms with Gasteiger partial charge in [-0.25, -0.2) is 0 Å². The highest BCUT2D eigenvalue weighted by Crippen LogP contribution is 2.33. The molecular weight excluding hydrogens is 222 g/mol. The number of aryl methyl sites for hydroxylation is 1. The molecule has 2 rings (SSSR count). The summed E-state index contributed by atoms with van der Waals surface area (Å²) in [4.78, 5) is 0. The highest BCUT2D eigenvalue weighted by atomic mass is 35.5. The lowest BCUT2D eigenvalue weighted by Gasteiger charge is -2.10. The zero-order valence-electron chi connectivity index (χ0n) is 9.37. The van der Waals surface area contributed by atoms with Gasteiger partial charge < -0.3 is 10.1 Å². The number of hydrogen-bond acceptors (Lipinski definition) is 2. The fourth-order valence-corrected chi connectivity index (χ4v) is 2.24. The van der Waals surface area contributed by atoms with Crippen LogP contribution < -0.4 is 10.1 Å². The summed E-state index contributed by atoms with van der Waals surface area (Å²) < 4.78 is 5.55. The maximum absolute atomic E-state index is 5.55. The Morgan fingerprint density at radius 2 is 2.44 bits per heavy atom. The topological polar surface area (TPSA) is 21.3 Å². The molecule has 2 nitrogen and oxygen atoms in total. The van der Waals surface area contributed by atoms with Crippen molar-refractivity contribution in [1.29, 1.82) is 0 Å². The number of hydrogen-bond donors (Lipinski definition) is 1. The lowest BCUT2D eigenvalue weighted by molar-refractivity contribution is 0.362.